The number of nitrogens with one attached hydrogen (secondary N) is 2. The minimum Gasteiger partial charge on any atom is -0.367 e. The molecular formula is C11H19ClN4S. The van der Waals surface area contributed by atoms with E-state index >= 15 is 0 Å². The standard InChI is InChI=1S/C11H19ClN4S/c1-5-13-10-14-6-8(12)9(16-10)15-7-11(2,3)17-4/h6H,5,7H2,1-4H3,(H2,13,14,15,16). The normalized spacial score (nSPS) is 11.4. The first-order valence-electron chi connectivity index (χ1n) is 5.54. The number of rotatable bonds is 6. The molecule has 0 atom stereocenters. The average Bonchev–Trinajstić information content (AvgIpc) is 2.30. The smallest absolute Gasteiger partial charge is 0.224 e. The van der Waals surface area contributed by atoms with E-state index in [1.54, 1.807) is 18.0 Å². The van der Waals surface area contributed by atoms with E-state index in [9.17, 15) is 0 Å². The molecule has 1 aromatic heterocycles. The predicted octanol–water partition coefficient (Wildman–Crippen LogP) is 3.12. The fraction of sp³-hybridized carbons (Fsp3) is 0.636. The lowest BCUT2D eigenvalue weighted by molar-refractivity contribution is 0.750. The Kier molecular flexibility index (Phi) is 5.33. The van der Waals surface area contributed by atoms with E-state index in [0.29, 0.717) is 16.8 Å². The Morgan fingerprint density at radius 2 is 2.12 bits per heavy atom. The zero-order valence-electron chi connectivity index (χ0n) is 10.7. The molecule has 0 radical (unpaired) electrons. The molecule has 0 spiro atoms. The van der Waals surface area contributed by atoms with Crippen LogP contribution in [0.2, 0.25) is 5.02 Å². The maximum absolute atomic E-state index is 6.05. The number of nitrogens with zero attached hydrogens (tertiary/aromatic N) is 2. The van der Waals surface area contributed by atoms with Gasteiger partial charge in [0.1, 0.15) is 5.02 Å². The van der Waals surface area contributed by atoms with Crippen molar-refractivity contribution >= 4 is 35.1 Å². The number of hydrogen-bond acceptors (Lipinski definition) is 5. The van der Waals surface area contributed by atoms with Crippen molar-refractivity contribution in [1.29, 1.82) is 0 Å². The van der Waals surface area contributed by atoms with Gasteiger partial charge in [-0.3, -0.25) is 0 Å². The number of aromatic nitrogens is 2. The van der Waals surface area contributed by atoms with Crippen LogP contribution in [0.15, 0.2) is 6.20 Å². The van der Waals surface area contributed by atoms with Crippen LogP contribution < -0.4 is 10.6 Å². The van der Waals surface area contributed by atoms with Crippen molar-refractivity contribution in [1.82, 2.24) is 9.97 Å². The molecular weight excluding hydrogens is 256 g/mol. The predicted molar refractivity (Wildman–Crippen MR) is 77.3 cm³/mol. The topological polar surface area (TPSA) is 49.8 Å². The molecule has 4 nitrogen and oxygen atoms in total. The molecule has 17 heavy (non-hydrogen) atoms. The zero-order chi connectivity index (χ0) is 12.9. The van der Waals surface area contributed by atoms with Gasteiger partial charge in [-0.2, -0.15) is 16.7 Å². The molecule has 0 amide bonds. The summed E-state index contributed by atoms with van der Waals surface area (Å²) in [6.07, 6.45) is 3.70. The molecule has 1 heterocycles. The van der Waals surface area contributed by atoms with Crippen LogP contribution in [0, 0.1) is 0 Å². The Morgan fingerprint density at radius 3 is 2.71 bits per heavy atom. The minimum atomic E-state index is 0.145. The van der Waals surface area contributed by atoms with Crippen LogP contribution in [0.5, 0.6) is 0 Å². The molecule has 1 rings (SSSR count). The van der Waals surface area contributed by atoms with Crippen LogP contribution in [-0.2, 0) is 0 Å². The summed E-state index contributed by atoms with van der Waals surface area (Å²) >= 11 is 7.85. The summed E-state index contributed by atoms with van der Waals surface area (Å²) < 4.78 is 0.145. The van der Waals surface area contributed by atoms with Crippen LogP contribution in [0.4, 0.5) is 11.8 Å². The summed E-state index contributed by atoms with van der Waals surface area (Å²) in [5, 5.41) is 6.86. The number of hydrogen-bond donors (Lipinski definition) is 2. The second kappa shape index (κ2) is 6.31. The molecule has 0 aliphatic heterocycles. The average molecular weight is 275 g/mol. The van der Waals surface area contributed by atoms with Crippen LogP contribution in [0.25, 0.3) is 0 Å². The molecule has 0 fully saturated rings. The summed E-state index contributed by atoms with van der Waals surface area (Å²) in [4.78, 5) is 8.42. The van der Waals surface area contributed by atoms with Crippen molar-refractivity contribution in [3.8, 4) is 0 Å². The van der Waals surface area contributed by atoms with Gasteiger partial charge in [0.2, 0.25) is 5.95 Å². The summed E-state index contributed by atoms with van der Waals surface area (Å²) in [6, 6.07) is 0. The third kappa shape index (κ3) is 4.60. The van der Waals surface area contributed by atoms with Gasteiger partial charge in [0.15, 0.2) is 5.82 Å². The first kappa shape index (κ1) is 14.4. The van der Waals surface area contributed by atoms with Crippen LogP contribution in [0.3, 0.4) is 0 Å². The van der Waals surface area contributed by atoms with Crippen molar-refractivity contribution < 1.29 is 0 Å². The fourth-order valence-electron chi connectivity index (χ4n) is 1.10. The molecule has 6 heteroatoms. The first-order chi connectivity index (χ1) is 7.98. The van der Waals surface area contributed by atoms with Crippen molar-refractivity contribution in [2.75, 3.05) is 30.0 Å². The molecule has 0 bridgehead atoms. The highest BCUT2D eigenvalue weighted by Gasteiger charge is 2.16. The number of halogens is 1. The SMILES string of the molecule is CCNc1ncc(Cl)c(NCC(C)(C)SC)n1. The third-order valence-electron chi connectivity index (χ3n) is 2.31. The fourth-order valence-corrected chi connectivity index (χ4v) is 1.48. The summed E-state index contributed by atoms with van der Waals surface area (Å²) in [5.41, 5.74) is 0. The molecule has 0 aromatic carbocycles. The van der Waals surface area contributed by atoms with E-state index in [2.05, 4.69) is 40.7 Å². The Labute approximate surface area is 112 Å². The first-order valence-corrected chi connectivity index (χ1v) is 7.14. The second-order valence-electron chi connectivity index (χ2n) is 4.24. The van der Waals surface area contributed by atoms with Crippen LogP contribution in [-0.4, -0.2) is 34.1 Å². The highest BCUT2D eigenvalue weighted by atomic mass is 35.5. The molecule has 96 valence electrons. The van der Waals surface area contributed by atoms with Crippen molar-refractivity contribution in [2.45, 2.75) is 25.5 Å². The third-order valence-corrected chi connectivity index (χ3v) is 3.84. The molecule has 1 aromatic rings. The van der Waals surface area contributed by atoms with Gasteiger partial charge in [0, 0.05) is 17.8 Å². The molecule has 0 unspecified atom stereocenters. The van der Waals surface area contributed by atoms with Crippen molar-refractivity contribution in [3.05, 3.63) is 11.2 Å². The highest BCUT2D eigenvalue weighted by Crippen LogP contribution is 2.24. The molecule has 0 saturated carbocycles. The van der Waals surface area contributed by atoms with E-state index in [0.717, 1.165) is 13.1 Å². The van der Waals surface area contributed by atoms with Gasteiger partial charge >= 0.3 is 0 Å². The Balaban J connectivity index is 2.72. The maximum atomic E-state index is 6.05. The molecule has 0 aliphatic carbocycles. The summed E-state index contributed by atoms with van der Waals surface area (Å²) in [7, 11) is 0. The van der Waals surface area contributed by atoms with Crippen LogP contribution in [0.1, 0.15) is 20.8 Å². The zero-order valence-corrected chi connectivity index (χ0v) is 12.2. The van der Waals surface area contributed by atoms with Crippen molar-refractivity contribution in [3.63, 3.8) is 0 Å². The van der Waals surface area contributed by atoms with E-state index in [-0.39, 0.29) is 4.75 Å². The van der Waals surface area contributed by atoms with E-state index in [1.807, 2.05) is 6.92 Å². The largest absolute Gasteiger partial charge is 0.367 e. The minimum absolute atomic E-state index is 0.145. The van der Waals surface area contributed by atoms with Gasteiger partial charge in [-0.05, 0) is 27.0 Å². The van der Waals surface area contributed by atoms with Gasteiger partial charge in [-0.1, -0.05) is 11.6 Å². The quantitative estimate of drug-likeness (QED) is 0.835. The second-order valence-corrected chi connectivity index (χ2v) is 6.16. The Bertz CT molecular complexity index is 370. The van der Waals surface area contributed by atoms with Gasteiger partial charge in [-0.25, -0.2) is 4.98 Å². The van der Waals surface area contributed by atoms with Crippen molar-refractivity contribution in [2.24, 2.45) is 0 Å². The van der Waals surface area contributed by atoms with Gasteiger partial charge in [0.25, 0.3) is 0 Å². The molecule has 0 aliphatic rings. The lowest BCUT2D eigenvalue weighted by Crippen LogP contribution is -2.26. The molecule has 2 N–H and O–H groups in total. The Hall–Kier alpha value is -0.680. The summed E-state index contributed by atoms with van der Waals surface area (Å²) in [5.74, 6) is 1.28. The summed E-state index contributed by atoms with van der Waals surface area (Å²) in [6.45, 7) is 7.94. The number of anilines is 2. The number of thioether (sulfide) groups is 1. The monoisotopic (exact) mass is 274 g/mol. The van der Waals surface area contributed by atoms with E-state index < -0.39 is 0 Å². The van der Waals surface area contributed by atoms with Gasteiger partial charge in [-0.15, -0.1) is 0 Å². The maximum Gasteiger partial charge on any atom is 0.224 e. The molecule has 0 saturated heterocycles. The van der Waals surface area contributed by atoms with E-state index in [1.165, 1.54) is 0 Å². The van der Waals surface area contributed by atoms with Gasteiger partial charge < -0.3 is 10.6 Å². The van der Waals surface area contributed by atoms with Gasteiger partial charge in [0.05, 0.1) is 6.20 Å². The Morgan fingerprint density at radius 1 is 1.41 bits per heavy atom. The lowest BCUT2D eigenvalue weighted by Gasteiger charge is -2.22. The van der Waals surface area contributed by atoms with E-state index in [4.69, 9.17) is 11.6 Å². The van der Waals surface area contributed by atoms with Crippen LogP contribution >= 0.6 is 23.4 Å². The highest BCUT2D eigenvalue weighted by molar-refractivity contribution is 7.99. The lowest BCUT2D eigenvalue weighted by atomic mass is 10.2.